The van der Waals surface area contributed by atoms with Gasteiger partial charge in [-0.15, -0.1) is 45.3 Å². The number of ether oxygens (including phenoxy) is 7. The van der Waals surface area contributed by atoms with Crippen molar-refractivity contribution in [3.05, 3.63) is 241 Å². The van der Waals surface area contributed by atoms with Gasteiger partial charge in [-0.05, 0) is 260 Å². The number of hydrogen-bond donors (Lipinski definition) is 0. The van der Waals surface area contributed by atoms with E-state index in [1.807, 2.05) is 171 Å². The third-order valence-corrected chi connectivity index (χ3v) is 25.2. The van der Waals surface area contributed by atoms with E-state index in [2.05, 4.69) is 230 Å². The highest BCUT2D eigenvalue weighted by molar-refractivity contribution is 9.10. The van der Waals surface area contributed by atoms with Crippen molar-refractivity contribution < 1.29 is 42.0 Å². The van der Waals surface area contributed by atoms with Crippen LogP contribution in [0.2, 0.25) is 15.1 Å². The number of thiazole rings is 5. The summed E-state index contributed by atoms with van der Waals surface area (Å²) in [6, 6.07) is 47.4. The first-order valence-electron chi connectivity index (χ1n) is 42.4. The first-order valence-corrected chi connectivity index (χ1v) is 49.2. The van der Waals surface area contributed by atoms with Crippen molar-refractivity contribution in [3.63, 3.8) is 0 Å². The van der Waals surface area contributed by atoms with Gasteiger partial charge < -0.3 is 42.0 Å². The number of fused-ring (bicyclic) bond motifs is 3. The smallest absolute Gasteiger partial charge is 0.222 e. The number of rotatable bonds is 22. The Kier molecular flexibility index (Phi) is 40.1. The van der Waals surface area contributed by atoms with Crippen molar-refractivity contribution in [1.82, 2.24) is 39.9 Å². The molecule has 0 bridgehead atoms. The molecule has 127 heavy (non-hydrogen) atoms. The lowest BCUT2D eigenvalue weighted by atomic mass is 9.86. The van der Waals surface area contributed by atoms with Gasteiger partial charge in [0.1, 0.15) is 66.1 Å². The van der Waals surface area contributed by atoms with Crippen LogP contribution >= 0.6 is 123 Å². The average molecular weight is 2010 g/mol. The Bertz CT molecular complexity index is 5630. The highest BCUT2D eigenvalue weighted by Gasteiger charge is 2.23. The average Bonchev–Trinajstić information content (AvgIpc) is 1.72. The maximum Gasteiger partial charge on any atom is 0.222 e. The molecule has 1 atom stereocenters. The number of hydrogen-bond acceptors (Lipinski definition) is 22. The first-order chi connectivity index (χ1) is 59.4. The Morgan fingerprint density at radius 2 is 0.756 bits per heavy atom. The molecular weight excluding hydrogens is 1880 g/mol. The van der Waals surface area contributed by atoms with E-state index in [-0.39, 0.29) is 58.2 Å². The molecule has 0 spiro atoms. The minimum atomic E-state index is -0.203. The van der Waals surface area contributed by atoms with Gasteiger partial charge in [0.2, 0.25) is 11.8 Å². The van der Waals surface area contributed by atoms with Crippen molar-refractivity contribution in [1.29, 1.82) is 0 Å². The van der Waals surface area contributed by atoms with Crippen molar-refractivity contribution in [2.45, 2.75) is 292 Å². The van der Waals surface area contributed by atoms with E-state index in [4.69, 9.17) is 81.8 Å². The van der Waals surface area contributed by atoms with E-state index in [9.17, 15) is 0 Å². The molecule has 0 saturated carbocycles. The van der Waals surface area contributed by atoms with Crippen molar-refractivity contribution in [2.75, 3.05) is 0 Å². The molecule has 0 saturated heterocycles. The molecule has 14 aromatic rings. The Hall–Kier alpha value is -6.63. The van der Waals surface area contributed by atoms with Crippen LogP contribution in [0.5, 0.6) is 0 Å². The molecule has 17 nitrogen and oxygen atoms in total. The summed E-state index contributed by atoms with van der Waals surface area (Å²) in [5.41, 5.74) is 16.2. The highest BCUT2D eigenvalue weighted by atomic mass is 79.9. The Morgan fingerprint density at radius 1 is 0.362 bits per heavy atom. The van der Waals surface area contributed by atoms with Crippen molar-refractivity contribution in [3.8, 4) is 43.4 Å². The fraction of sp³-hybridized carbons (Fsp3) is 0.440. The molecule has 6 aromatic carbocycles. The Balaban J connectivity index is 0.000000184. The number of benzene rings is 6. The van der Waals surface area contributed by atoms with Crippen LogP contribution in [-0.2, 0) is 83.6 Å². The molecule has 0 aliphatic carbocycles. The van der Waals surface area contributed by atoms with E-state index < -0.39 is 0 Å². The summed E-state index contributed by atoms with van der Waals surface area (Å²) >= 11 is 32.8. The predicted octanol–water partition coefficient (Wildman–Crippen LogP) is 32.1. The van der Waals surface area contributed by atoms with Crippen molar-refractivity contribution >= 4 is 154 Å². The molecule has 14 rings (SSSR count). The highest BCUT2D eigenvalue weighted by Crippen LogP contribution is 2.39. The molecule has 0 fully saturated rings. The van der Waals surface area contributed by atoms with Gasteiger partial charge in [-0.2, -0.15) is 0 Å². The van der Waals surface area contributed by atoms with Gasteiger partial charge in [0, 0.05) is 27.4 Å². The molecule has 0 aliphatic rings. The fourth-order valence-electron chi connectivity index (χ4n) is 11.4. The topological polar surface area (TPSA) is 194 Å². The maximum atomic E-state index is 5.93. The summed E-state index contributed by atoms with van der Waals surface area (Å²) in [6.45, 7) is 61.2. The van der Waals surface area contributed by atoms with Crippen molar-refractivity contribution in [2.24, 2.45) is 0 Å². The monoisotopic (exact) mass is 2000 g/mol. The molecule has 0 amide bonds. The van der Waals surface area contributed by atoms with Crippen LogP contribution in [0.25, 0.3) is 74.2 Å². The largest absolute Gasteiger partial charge is 0.431 e. The third kappa shape index (κ3) is 36.1. The quantitative estimate of drug-likeness (QED) is 0.0621. The van der Waals surface area contributed by atoms with Gasteiger partial charge >= 0.3 is 0 Å². The lowest BCUT2D eigenvalue weighted by molar-refractivity contribution is -0.0246. The summed E-state index contributed by atoms with van der Waals surface area (Å²) in [6.07, 6.45) is 2.52. The summed E-state index contributed by atoms with van der Waals surface area (Å²) in [4.78, 5) is 39.2. The second-order valence-electron chi connectivity index (χ2n) is 36.5. The molecule has 0 N–H and O–H groups in total. The summed E-state index contributed by atoms with van der Waals surface area (Å²) in [5, 5.41) is 7.12. The van der Waals surface area contributed by atoms with Gasteiger partial charge in [0.05, 0.1) is 114 Å². The normalized spacial score (nSPS) is 12.2. The zero-order valence-corrected chi connectivity index (χ0v) is 88.2. The molecule has 1 unspecified atom stereocenters. The third-order valence-electron chi connectivity index (χ3n) is 18.0. The number of aryl methyl sites for hydroxylation is 4. The summed E-state index contributed by atoms with van der Waals surface area (Å²) in [7, 11) is 0. The number of pyridine rings is 1. The summed E-state index contributed by atoms with van der Waals surface area (Å²) in [5.74, 6) is 1.17. The maximum absolute atomic E-state index is 5.93. The van der Waals surface area contributed by atoms with E-state index in [1.165, 1.54) is 43.1 Å². The Morgan fingerprint density at radius 3 is 1.23 bits per heavy atom. The zero-order chi connectivity index (χ0) is 93.6. The molecule has 684 valence electrons. The Labute approximate surface area is 804 Å². The summed E-state index contributed by atoms with van der Waals surface area (Å²) < 4.78 is 54.1. The van der Waals surface area contributed by atoms with Gasteiger partial charge in [0.15, 0.2) is 9.34 Å². The minimum Gasteiger partial charge on any atom is -0.431 e. The van der Waals surface area contributed by atoms with Crippen LogP contribution < -0.4 is 0 Å². The van der Waals surface area contributed by atoms with Crippen LogP contribution in [-0.4, -0.2) is 81.1 Å². The van der Waals surface area contributed by atoms with Gasteiger partial charge in [-0.1, -0.05) is 196 Å². The van der Waals surface area contributed by atoms with Crippen LogP contribution in [0.4, 0.5) is 0 Å². The van der Waals surface area contributed by atoms with E-state index in [0.29, 0.717) is 65.8 Å². The van der Waals surface area contributed by atoms with Crippen LogP contribution in [0.3, 0.4) is 0 Å². The molecule has 0 radical (unpaired) electrons. The lowest BCUT2D eigenvalue weighted by Gasteiger charge is -2.19. The number of oxazole rings is 2. The van der Waals surface area contributed by atoms with E-state index in [0.717, 1.165) is 99.8 Å². The van der Waals surface area contributed by atoms with E-state index in [1.54, 1.807) is 62.9 Å². The van der Waals surface area contributed by atoms with Crippen LogP contribution in [0.1, 0.15) is 243 Å². The predicted molar refractivity (Wildman–Crippen MR) is 540 cm³/mol. The standard InChI is InChI=1S/C19H27NOS.C18H25NOS.C15H18BrNO2.C14H16BrNO2.2C12H14ClNOS.C10H11ClN2OS/c1-12(2)21-14(4)18-20-13(3)17(22-18)15-8-10-16(11-9-15)19(5,6)7;1-12(2)20-11-16-19-13(3)17(21-16)14-7-9-15(10-8-14)18(4,5)6;1-10-5-7-11(8-6-10)13-14(16)19-12(17-13)9-18-15(2,3)4;1-9(2)17-8-12-16-13(14(15)18-12)11-6-4-10(3)5-7-11;1-12(2,3)15-7-11-14-9-6-8(13)4-5-10(9)16-11;1-12(2,3)15-7-11-14-9-5-4-8(13)6-10(9)16-11;1-6(2)14-5-9-13-8-3-7(11)4-12-10(8)15-9/h8-12,14H,1-7H3;7-10,12H,11H2,1-6H3;5-8H,9H2,1-4H3;4-7,9H,8H2,1-3H3;2*4-6H,7H2,1-3H3;3-4,6H,5H2,1-2H3. The fourth-order valence-corrected chi connectivity index (χ4v) is 17.6. The zero-order valence-electron chi connectivity index (χ0n) is 78.7. The number of nitrogens with zero attached hydrogens (tertiary/aromatic N) is 8. The molecule has 8 heterocycles. The molecular formula is C100H125Br2Cl3N8O9S5. The van der Waals surface area contributed by atoms with E-state index >= 15 is 0 Å². The number of halogens is 5. The van der Waals surface area contributed by atoms with Crippen LogP contribution in [0.15, 0.2) is 164 Å². The molecule has 8 aromatic heterocycles. The van der Waals surface area contributed by atoms with Gasteiger partial charge in [0.25, 0.3) is 0 Å². The second kappa shape index (κ2) is 48.2. The minimum absolute atomic E-state index is 0.0475. The SMILES string of the molecule is CC(C)(C)OCc1nc2cc(Cl)ccc2s1.CC(C)(C)OCc1nc2ccc(Cl)cc2s1.CC(C)OCc1nc2cc(Cl)cnc2s1.Cc1ccc(-c2nc(COC(C)(C)C)oc2Br)cc1.Cc1ccc(-c2nc(COC(C)C)oc2Br)cc1.Cc1nc(C(C)OC(C)C)sc1-c1ccc(C(C)(C)C)cc1.Cc1nc(COC(C)C)sc1-c1ccc(C(C)(C)C)cc1. The molecule has 27 heteroatoms. The second-order valence-corrected chi connectivity index (χ2v) is 44.6. The molecule has 0 aliphatic heterocycles. The van der Waals surface area contributed by atoms with Gasteiger partial charge in [-0.3, -0.25) is 0 Å². The number of aromatic nitrogens is 8. The van der Waals surface area contributed by atoms with Gasteiger partial charge in [-0.25, -0.2) is 39.9 Å². The van der Waals surface area contributed by atoms with Crippen LogP contribution in [0, 0.1) is 27.7 Å². The first kappa shape index (κ1) is 106. The lowest BCUT2D eigenvalue weighted by Crippen LogP contribution is -2.18.